The average Bonchev–Trinajstić information content (AvgIpc) is 3.93. The topological polar surface area (TPSA) is 277 Å². The molecule has 2 fully saturated rings. The second kappa shape index (κ2) is 26.0. The summed E-state index contributed by atoms with van der Waals surface area (Å²) in [4.78, 5) is 52.9. The summed E-state index contributed by atoms with van der Waals surface area (Å²) in [6, 6.07) is -0.525. The number of nitrogens with two attached hydrogens (primary N) is 3. The van der Waals surface area contributed by atoms with E-state index in [-0.39, 0.29) is 43.3 Å². The van der Waals surface area contributed by atoms with E-state index in [4.69, 9.17) is 52.8 Å². The molecular formula is C37H61ClN18O5. The highest BCUT2D eigenvalue weighted by Gasteiger charge is 2.29. The van der Waals surface area contributed by atoms with Crippen LogP contribution in [0.25, 0.3) is 0 Å². The van der Waals surface area contributed by atoms with Crippen LogP contribution in [0.15, 0.2) is 17.4 Å². The molecule has 0 aliphatic carbocycles. The minimum Gasteiger partial charge on any atom is -0.377 e. The number of nitrogens with zero attached hydrogens (tertiary/aromatic N) is 14. The molecule has 0 radical (unpaired) electrons. The molecule has 0 bridgehead atoms. The summed E-state index contributed by atoms with van der Waals surface area (Å²) >= 11 is 0. The lowest BCUT2D eigenvalue weighted by Crippen LogP contribution is -2.51. The van der Waals surface area contributed by atoms with Gasteiger partial charge in [0.1, 0.15) is 19.2 Å². The van der Waals surface area contributed by atoms with Crippen molar-refractivity contribution in [3.8, 4) is 12.3 Å². The predicted molar refractivity (Wildman–Crippen MR) is 230 cm³/mol. The van der Waals surface area contributed by atoms with Gasteiger partial charge in [-0.25, -0.2) is 9.36 Å². The molecule has 61 heavy (non-hydrogen) atoms. The Labute approximate surface area is 362 Å². The molecule has 2 amide bonds. The average molecular weight is 873 g/mol. The largest absolute Gasteiger partial charge is 0.377 e. The summed E-state index contributed by atoms with van der Waals surface area (Å²) in [6.45, 7) is 9.95. The first kappa shape index (κ1) is 48.3. The lowest BCUT2D eigenvalue weighted by Gasteiger charge is -2.37. The maximum atomic E-state index is 13.6. The van der Waals surface area contributed by atoms with Crippen LogP contribution in [0.4, 0.5) is 17.8 Å². The zero-order chi connectivity index (χ0) is 42.5. The summed E-state index contributed by atoms with van der Waals surface area (Å²) in [5, 5.41) is 20.1. The Bertz CT molecular complexity index is 1840. The zero-order valence-corrected chi connectivity index (χ0v) is 35.8. The number of rotatable bonds is 25. The first-order valence-corrected chi connectivity index (χ1v) is 20.5. The van der Waals surface area contributed by atoms with Crippen LogP contribution in [0.3, 0.4) is 0 Å². The number of carbonyl (C=O) groups excluding carboxylic acids is 2. The van der Waals surface area contributed by atoms with E-state index in [0.717, 1.165) is 30.7 Å². The van der Waals surface area contributed by atoms with Crippen LogP contribution >= 0.6 is 12.4 Å². The lowest BCUT2D eigenvalue weighted by atomic mass is 10.2. The van der Waals surface area contributed by atoms with Crippen LogP contribution in [0, 0.1) is 12.3 Å². The Kier molecular flexibility index (Phi) is 20.6. The molecule has 0 unspecified atom stereocenters. The number of hydrogen-bond donors (Lipinski definition) is 4. The van der Waals surface area contributed by atoms with Gasteiger partial charge < -0.3 is 56.3 Å². The molecule has 7 N–H and O–H groups in total. The fourth-order valence-electron chi connectivity index (χ4n) is 6.49. The van der Waals surface area contributed by atoms with Crippen LogP contribution in [-0.2, 0) is 43.2 Å². The standard InChI is InChI=1S/C37H60N18O5.ClH/c1-3-20-58-22-24-60-25-23-59-21-11-42-35-43-36(52-16-12-50(13-17-52)32(56)28-54-26-30(46-48-54)7-4-5-9-38)45-37(44-35)53-18-14-51(15-19-53)33(57)29(2)55-27-31(47-49-55)8-6-10-41-34(39)40;/h1,26-27,29H,4-25,28,38H2,2H3,(H4,39,40,41)(H,42,43,44,45);1H/t29-;/m0./s1. The Morgan fingerprint density at radius 2 is 1.43 bits per heavy atom. The lowest BCUT2D eigenvalue weighted by molar-refractivity contribution is -0.135. The molecule has 2 aliphatic heterocycles. The van der Waals surface area contributed by atoms with E-state index in [9.17, 15) is 9.59 Å². The summed E-state index contributed by atoms with van der Waals surface area (Å²) in [6.07, 6.45) is 12.8. The Balaban J connectivity index is 0.00000819. The van der Waals surface area contributed by atoms with Crippen LogP contribution in [0.1, 0.15) is 43.6 Å². The highest BCUT2D eigenvalue weighted by molar-refractivity contribution is 5.85. The molecule has 0 spiro atoms. The highest BCUT2D eigenvalue weighted by atomic mass is 35.5. The number of aryl methyl sites for hydroxylation is 2. The number of guanidine groups is 1. The van der Waals surface area contributed by atoms with Gasteiger partial charge in [-0.1, -0.05) is 16.3 Å². The van der Waals surface area contributed by atoms with Gasteiger partial charge >= 0.3 is 0 Å². The Morgan fingerprint density at radius 1 is 0.820 bits per heavy atom. The second-order valence-electron chi connectivity index (χ2n) is 14.3. The molecule has 1 atom stereocenters. The third kappa shape index (κ3) is 15.9. The number of aromatic nitrogens is 9. The van der Waals surface area contributed by atoms with Gasteiger partial charge in [0.25, 0.3) is 0 Å². The highest BCUT2D eigenvalue weighted by Crippen LogP contribution is 2.21. The molecule has 2 saturated heterocycles. The fourth-order valence-corrected chi connectivity index (χ4v) is 6.49. The van der Waals surface area contributed by atoms with Crippen molar-refractivity contribution in [2.75, 3.05) is 127 Å². The van der Waals surface area contributed by atoms with Crippen LogP contribution in [0.5, 0.6) is 0 Å². The van der Waals surface area contributed by atoms with Gasteiger partial charge in [0.15, 0.2) is 5.96 Å². The van der Waals surface area contributed by atoms with Crippen molar-refractivity contribution in [1.82, 2.24) is 54.7 Å². The van der Waals surface area contributed by atoms with Crippen molar-refractivity contribution in [3.05, 3.63) is 23.8 Å². The smallest absolute Gasteiger partial charge is 0.247 e. The van der Waals surface area contributed by atoms with Gasteiger partial charge in [0.05, 0.1) is 44.4 Å². The summed E-state index contributed by atoms with van der Waals surface area (Å²) in [7, 11) is 0. The minimum absolute atomic E-state index is 0. The number of amides is 2. The van der Waals surface area contributed by atoms with Gasteiger partial charge in [-0.3, -0.25) is 14.6 Å². The van der Waals surface area contributed by atoms with E-state index in [1.54, 1.807) is 15.6 Å². The predicted octanol–water partition coefficient (Wildman–Crippen LogP) is -1.68. The van der Waals surface area contributed by atoms with Gasteiger partial charge in [0, 0.05) is 77.8 Å². The number of unbranched alkanes of at least 4 members (excludes halogenated alkanes) is 1. The molecule has 0 aromatic carbocycles. The van der Waals surface area contributed by atoms with E-state index in [0.29, 0.717) is 136 Å². The molecule has 0 saturated carbocycles. The van der Waals surface area contributed by atoms with E-state index in [1.165, 1.54) is 0 Å². The number of halogens is 1. The van der Waals surface area contributed by atoms with Crippen LogP contribution in [-0.4, -0.2) is 184 Å². The van der Waals surface area contributed by atoms with Crippen molar-refractivity contribution in [3.63, 3.8) is 0 Å². The molecule has 24 heteroatoms. The quantitative estimate of drug-likeness (QED) is 0.0320. The number of anilines is 3. The van der Waals surface area contributed by atoms with E-state index in [2.05, 4.69) is 46.7 Å². The molecule has 5 rings (SSSR count). The molecule has 5 heterocycles. The number of piperazine rings is 2. The van der Waals surface area contributed by atoms with Crippen molar-refractivity contribution in [1.29, 1.82) is 0 Å². The van der Waals surface area contributed by atoms with Gasteiger partial charge in [-0.05, 0) is 45.6 Å². The number of hydrogen-bond acceptors (Lipinski definition) is 17. The number of carbonyl (C=O) groups is 2. The van der Waals surface area contributed by atoms with Crippen molar-refractivity contribution in [2.45, 2.75) is 51.6 Å². The van der Waals surface area contributed by atoms with Gasteiger partial charge in [-0.2, -0.15) is 15.0 Å². The first-order valence-electron chi connectivity index (χ1n) is 20.5. The molecule has 23 nitrogen and oxygen atoms in total. The summed E-state index contributed by atoms with van der Waals surface area (Å²) in [5.41, 5.74) is 18.0. The van der Waals surface area contributed by atoms with E-state index >= 15 is 0 Å². The molecule has 336 valence electrons. The Morgan fingerprint density at radius 3 is 2.08 bits per heavy atom. The number of ether oxygens (including phenoxy) is 3. The van der Waals surface area contributed by atoms with Gasteiger partial charge in [0.2, 0.25) is 29.7 Å². The number of nitrogens with one attached hydrogen (secondary N) is 1. The first-order chi connectivity index (χ1) is 29.2. The molecule has 2 aliphatic rings. The van der Waals surface area contributed by atoms with Crippen molar-refractivity contribution >= 4 is 48.0 Å². The number of terminal acetylenes is 1. The SMILES string of the molecule is C#CCOCCOCCOCCNc1nc(N2CCN(C(=O)Cn3cc(CCCCN)nn3)CC2)nc(N2CCN(C(=O)[C@H](C)n3cc(CCCN=C(N)N)nn3)CC2)n1.Cl. The molecular weight excluding hydrogens is 812 g/mol. The fraction of sp³-hybridized carbons (Fsp3) is 0.676. The molecule has 3 aromatic heterocycles. The molecule has 3 aromatic rings. The summed E-state index contributed by atoms with van der Waals surface area (Å²) < 4.78 is 19.6. The van der Waals surface area contributed by atoms with E-state index in [1.807, 2.05) is 22.9 Å². The zero-order valence-electron chi connectivity index (χ0n) is 35.0. The third-order valence-corrected chi connectivity index (χ3v) is 9.83. The van der Waals surface area contributed by atoms with Gasteiger partial charge in [-0.15, -0.1) is 29.0 Å². The second-order valence-corrected chi connectivity index (χ2v) is 14.3. The monoisotopic (exact) mass is 872 g/mol. The van der Waals surface area contributed by atoms with Crippen molar-refractivity contribution in [2.24, 2.45) is 22.2 Å². The maximum Gasteiger partial charge on any atom is 0.247 e. The number of aliphatic imine (C=N–C) groups is 1. The van der Waals surface area contributed by atoms with Crippen LogP contribution in [0.2, 0.25) is 0 Å². The van der Waals surface area contributed by atoms with Crippen LogP contribution < -0.4 is 32.3 Å². The minimum atomic E-state index is -0.525. The normalized spacial score (nSPS) is 14.6. The third-order valence-electron chi connectivity index (χ3n) is 9.83. The van der Waals surface area contributed by atoms with E-state index < -0.39 is 6.04 Å². The Hall–Kier alpha value is -5.41. The van der Waals surface area contributed by atoms with Crippen molar-refractivity contribution < 1.29 is 23.8 Å². The summed E-state index contributed by atoms with van der Waals surface area (Å²) in [5.74, 6) is 3.80. The maximum absolute atomic E-state index is 13.6.